The van der Waals surface area contributed by atoms with Crippen LogP contribution in [0.15, 0.2) is 28.7 Å². The van der Waals surface area contributed by atoms with Crippen LogP contribution in [0.5, 0.6) is 0 Å². The number of benzene rings is 1. The summed E-state index contributed by atoms with van der Waals surface area (Å²) in [6.45, 7) is 9.59. The van der Waals surface area contributed by atoms with Gasteiger partial charge in [-0.2, -0.15) is 0 Å². The lowest BCUT2D eigenvalue weighted by Crippen LogP contribution is -2.14. The number of anilines is 1. The van der Waals surface area contributed by atoms with E-state index in [0.29, 0.717) is 0 Å². The number of aromatic nitrogens is 1. The lowest BCUT2D eigenvalue weighted by molar-refractivity contribution is 0.572. The maximum absolute atomic E-state index is 4.77. The summed E-state index contributed by atoms with van der Waals surface area (Å²) >= 11 is 3.52. The number of pyridine rings is 1. The first-order valence-electron chi connectivity index (χ1n) is 6.26. The van der Waals surface area contributed by atoms with Gasteiger partial charge in [0.25, 0.3) is 0 Å². The molecule has 0 saturated carbocycles. The van der Waals surface area contributed by atoms with E-state index in [1.165, 1.54) is 5.39 Å². The van der Waals surface area contributed by atoms with Crippen LogP contribution in [-0.2, 0) is 5.41 Å². The maximum atomic E-state index is 4.77. The van der Waals surface area contributed by atoms with Crippen LogP contribution in [0.3, 0.4) is 0 Å². The standard InChI is InChI=1S/C15H19BrN2/c1-5-17-13-9-14(15(2,3)4)18-12-7-6-10(16)8-11(12)13/h6-9H,5H2,1-4H3,(H,17,18). The van der Waals surface area contributed by atoms with Crippen LogP contribution >= 0.6 is 15.9 Å². The number of nitrogens with zero attached hydrogens (tertiary/aromatic N) is 1. The average molecular weight is 307 g/mol. The van der Waals surface area contributed by atoms with Crippen molar-refractivity contribution in [2.75, 3.05) is 11.9 Å². The molecule has 0 amide bonds. The summed E-state index contributed by atoms with van der Waals surface area (Å²) in [5.74, 6) is 0. The van der Waals surface area contributed by atoms with E-state index in [-0.39, 0.29) is 5.41 Å². The molecule has 0 saturated heterocycles. The molecule has 96 valence electrons. The second-order valence-electron chi connectivity index (χ2n) is 5.50. The molecule has 1 heterocycles. The van der Waals surface area contributed by atoms with E-state index in [1.54, 1.807) is 0 Å². The molecule has 1 aromatic carbocycles. The molecule has 0 aliphatic carbocycles. The van der Waals surface area contributed by atoms with Crippen molar-refractivity contribution in [3.63, 3.8) is 0 Å². The van der Waals surface area contributed by atoms with Crippen molar-refractivity contribution in [3.05, 3.63) is 34.4 Å². The minimum absolute atomic E-state index is 0.0609. The predicted octanol–water partition coefficient (Wildman–Crippen LogP) is 4.73. The van der Waals surface area contributed by atoms with Crippen LogP contribution in [0.1, 0.15) is 33.4 Å². The van der Waals surface area contributed by atoms with Gasteiger partial charge in [0.1, 0.15) is 0 Å². The third-order valence-corrected chi connectivity index (χ3v) is 3.40. The topological polar surface area (TPSA) is 24.9 Å². The van der Waals surface area contributed by atoms with Gasteiger partial charge in [-0.3, -0.25) is 4.98 Å². The molecule has 1 aromatic heterocycles. The Morgan fingerprint density at radius 2 is 1.94 bits per heavy atom. The Morgan fingerprint density at radius 3 is 2.56 bits per heavy atom. The number of fused-ring (bicyclic) bond motifs is 1. The SMILES string of the molecule is CCNc1cc(C(C)(C)C)nc2ccc(Br)cc12. The molecule has 0 unspecified atom stereocenters. The Morgan fingerprint density at radius 1 is 1.22 bits per heavy atom. The first-order valence-corrected chi connectivity index (χ1v) is 7.06. The molecule has 0 bridgehead atoms. The predicted molar refractivity (Wildman–Crippen MR) is 82.3 cm³/mol. The summed E-state index contributed by atoms with van der Waals surface area (Å²) in [5.41, 5.74) is 3.38. The maximum Gasteiger partial charge on any atom is 0.0727 e. The van der Waals surface area contributed by atoms with Gasteiger partial charge in [-0.05, 0) is 31.2 Å². The largest absolute Gasteiger partial charge is 0.385 e. The molecule has 3 heteroatoms. The Bertz CT molecular complexity index is 570. The van der Waals surface area contributed by atoms with Gasteiger partial charge in [0.2, 0.25) is 0 Å². The van der Waals surface area contributed by atoms with Crippen LogP contribution in [0, 0.1) is 0 Å². The van der Waals surface area contributed by atoms with Gasteiger partial charge in [-0.15, -0.1) is 0 Å². The summed E-state index contributed by atoms with van der Waals surface area (Å²) in [7, 11) is 0. The number of nitrogens with one attached hydrogen (secondary N) is 1. The van der Waals surface area contributed by atoms with Crippen LogP contribution in [0.25, 0.3) is 10.9 Å². The fourth-order valence-corrected chi connectivity index (χ4v) is 2.28. The minimum Gasteiger partial charge on any atom is -0.385 e. The molecule has 2 nitrogen and oxygen atoms in total. The highest BCUT2D eigenvalue weighted by Crippen LogP contribution is 2.30. The third kappa shape index (κ3) is 2.66. The second kappa shape index (κ2) is 4.88. The molecular formula is C15H19BrN2. The minimum atomic E-state index is 0.0609. The van der Waals surface area contributed by atoms with Crippen LogP contribution in [0.4, 0.5) is 5.69 Å². The Hall–Kier alpha value is -1.09. The van der Waals surface area contributed by atoms with Crippen molar-refractivity contribution >= 4 is 32.5 Å². The van der Waals surface area contributed by atoms with Crippen LogP contribution in [0.2, 0.25) is 0 Å². The van der Waals surface area contributed by atoms with Crippen molar-refractivity contribution in [2.45, 2.75) is 33.1 Å². The zero-order chi connectivity index (χ0) is 13.3. The van der Waals surface area contributed by atoms with Gasteiger partial charge >= 0.3 is 0 Å². The summed E-state index contributed by atoms with van der Waals surface area (Å²) in [6, 6.07) is 8.39. The summed E-state index contributed by atoms with van der Waals surface area (Å²) < 4.78 is 1.08. The summed E-state index contributed by atoms with van der Waals surface area (Å²) in [4.78, 5) is 4.77. The van der Waals surface area contributed by atoms with Crippen molar-refractivity contribution < 1.29 is 0 Å². The average Bonchev–Trinajstić information content (AvgIpc) is 2.28. The molecule has 0 radical (unpaired) electrons. The van der Waals surface area contributed by atoms with Crippen molar-refractivity contribution in [2.24, 2.45) is 0 Å². The molecule has 0 aliphatic heterocycles. The number of rotatable bonds is 2. The highest BCUT2D eigenvalue weighted by molar-refractivity contribution is 9.10. The zero-order valence-electron chi connectivity index (χ0n) is 11.3. The number of hydrogen-bond donors (Lipinski definition) is 1. The molecule has 0 aliphatic rings. The van der Waals surface area contributed by atoms with E-state index in [0.717, 1.165) is 27.9 Å². The van der Waals surface area contributed by atoms with E-state index in [4.69, 9.17) is 4.98 Å². The van der Waals surface area contributed by atoms with E-state index >= 15 is 0 Å². The van der Waals surface area contributed by atoms with Crippen molar-refractivity contribution in [3.8, 4) is 0 Å². The van der Waals surface area contributed by atoms with Crippen LogP contribution in [-0.4, -0.2) is 11.5 Å². The monoisotopic (exact) mass is 306 g/mol. The number of hydrogen-bond acceptors (Lipinski definition) is 2. The van der Waals surface area contributed by atoms with Gasteiger partial charge in [-0.1, -0.05) is 36.7 Å². The lowest BCUT2D eigenvalue weighted by Gasteiger charge is -2.20. The quantitative estimate of drug-likeness (QED) is 0.868. The Kier molecular flexibility index (Phi) is 3.62. The smallest absolute Gasteiger partial charge is 0.0727 e. The first kappa shape index (κ1) is 13.3. The Labute approximate surface area is 117 Å². The van der Waals surface area contributed by atoms with Crippen molar-refractivity contribution in [1.82, 2.24) is 4.98 Å². The fourth-order valence-electron chi connectivity index (χ4n) is 1.92. The fraction of sp³-hybridized carbons (Fsp3) is 0.400. The van der Waals surface area contributed by atoms with E-state index in [9.17, 15) is 0 Å². The summed E-state index contributed by atoms with van der Waals surface area (Å²) in [5, 5.41) is 4.60. The molecule has 18 heavy (non-hydrogen) atoms. The van der Waals surface area contributed by atoms with Gasteiger partial charge in [0, 0.05) is 33.2 Å². The molecule has 1 N–H and O–H groups in total. The van der Waals surface area contributed by atoms with Crippen molar-refractivity contribution in [1.29, 1.82) is 0 Å². The lowest BCUT2D eigenvalue weighted by atomic mass is 9.90. The van der Waals surface area contributed by atoms with E-state index in [2.05, 4.69) is 67.1 Å². The van der Waals surface area contributed by atoms with Gasteiger partial charge in [0.15, 0.2) is 0 Å². The van der Waals surface area contributed by atoms with E-state index < -0.39 is 0 Å². The third-order valence-electron chi connectivity index (χ3n) is 2.91. The molecular weight excluding hydrogens is 288 g/mol. The molecule has 2 rings (SSSR count). The van der Waals surface area contributed by atoms with Gasteiger partial charge in [0.05, 0.1) is 5.52 Å². The zero-order valence-corrected chi connectivity index (χ0v) is 12.9. The van der Waals surface area contributed by atoms with Gasteiger partial charge < -0.3 is 5.32 Å². The number of halogens is 1. The Balaban J connectivity index is 2.70. The van der Waals surface area contributed by atoms with Crippen LogP contribution < -0.4 is 5.32 Å². The first-order chi connectivity index (χ1) is 8.41. The highest BCUT2D eigenvalue weighted by Gasteiger charge is 2.17. The summed E-state index contributed by atoms with van der Waals surface area (Å²) in [6.07, 6.45) is 0. The van der Waals surface area contributed by atoms with E-state index in [1.807, 2.05) is 6.07 Å². The normalized spacial score (nSPS) is 11.8. The van der Waals surface area contributed by atoms with Gasteiger partial charge in [-0.25, -0.2) is 0 Å². The molecule has 2 aromatic rings. The molecule has 0 fully saturated rings. The second-order valence-corrected chi connectivity index (χ2v) is 6.41. The molecule has 0 spiro atoms. The highest BCUT2D eigenvalue weighted by atomic mass is 79.9. The molecule has 0 atom stereocenters.